The smallest absolute Gasteiger partial charge is 0.101 e. The van der Waals surface area contributed by atoms with Crippen molar-refractivity contribution in [1.82, 2.24) is 15.2 Å². The summed E-state index contributed by atoms with van der Waals surface area (Å²) in [5.74, 6) is 0. The molecule has 0 fully saturated rings. The average Bonchev–Trinajstić information content (AvgIpc) is 2.70. The topological polar surface area (TPSA) is 54.9 Å². The monoisotopic (exact) mass is 258 g/mol. The molecule has 4 heteroatoms. The number of likely N-dealkylation sites (N-methyl/N-ethyl adjacent to an activating group) is 2. The first-order valence-electron chi connectivity index (χ1n) is 6.27. The summed E-state index contributed by atoms with van der Waals surface area (Å²) in [6, 6.07) is 2.10. The van der Waals surface area contributed by atoms with E-state index in [1.54, 1.807) is 0 Å². The van der Waals surface area contributed by atoms with E-state index in [0.29, 0.717) is 5.57 Å². The van der Waals surface area contributed by atoms with Crippen molar-refractivity contribution in [2.75, 3.05) is 27.2 Å². The van der Waals surface area contributed by atoms with Crippen LogP contribution in [0.5, 0.6) is 0 Å². The fourth-order valence-corrected chi connectivity index (χ4v) is 1.97. The number of aromatic nitrogens is 1. The first-order chi connectivity index (χ1) is 8.93. The molecule has 19 heavy (non-hydrogen) atoms. The molecule has 102 valence electrons. The first kappa shape index (κ1) is 15.1. The quantitative estimate of drug-likeness (QED) is 0.770. The van der Waals surface area contributed by atoms with E-state index >= 15 is 0 Å². The van der Waals surface area contributed by atoms with Crippen molar-refractivity contribution in [1.29, 1.82) is 5.26 Å². The van der Waals surface area contributed by atoms with Crippen LogP contribution in [0.4, 0.5) is 0 Å². The molecule has 0 unspecified atom stereocenters. The van der Waals surface area contributed by atoms with Crippen molar-refractivity contribution >= 4 is 11.3 Å². The standard InChI is InChI=1S/C15H22N4/c1-10(9-16)15-14(11(2)12(3)18-15)13(4)19(6)8-7-17-5/h17-18H,1,4,7-8H2,2-3,5-6H3. The molecule has 0 amide bonds. The number of hydrogen-bond acceptors (Lipinski definition) is 3. The Morgan fingerprint density at radius 1 is 1.42 bits per heavy atom. The van der Waals surface area contributed by atoms with E-state index in [-0.39, 0.29) is 0 Å². The SMILES string of the molecule is C=C(C#N)c1[nH]c(C)c(C)c1C(=C)N(C)CCNC. The molecule has 0 bridgehead atoms. The van der Waals surface area contributed by atoms with E-state index in [9.17, 15) is 0 Å². The highest BCUT2D eigenvalue weighted by Crippen LogP contribution is 2.29. The number of nitrogens with one attached hydrogen (secondary N) is 2. The number of nitriles is 1. The van der Waals surface area contributed by atoms with Gasteiger partial charge in [-0.1, -0.05) is 13.2 Å². The molecule has 0 aliphatic rings. The second-order valence-corrected chi connectivity index (χ2v) is 4.69. The van der Waals surface area contributed by atoms with Crippen LogP contribution in [0.15, 0.2) is 13.2 Å². The minimum atomic E-state index is 0.439. The molecule has 0 aliphatic carbocycles. The summed E-state index contributed by atoms with van der Waals surface area (Å²) in [5, 5.41) is 12.2. The summed E-state index contributed by atoms with van der Waals surface area (Å²) in [6.07, 6.45) is 0. The van der Waals surface area contributed by atoms with Gasteiger partial charge in [0.2, 0.25) is 0 Å². The highest BCUT2D eigenvalue weighted by molar-refractivity contribution is 5.83. The van der Waals surface area contributed by atoms with Crippen molar-refractivity contribution in [3.8, 4) is 6.07 Å². The summed E-state index contributed by atoms with van der Waals surface area (Å²) in [7, 11) is 3.92. The van der Waals surface area contributed by atoms with Crippen LogP contribution in [-0.4, -0.2) is 37.1 Å². The molecule has 0 saturated carbocycles. The maximum atomic E-state index is 9.05. The maximum absolute atomic E-state index is 9.05. The first-order valence-corrected chi connectivity index (χ1v) is 6.27. The molecule has 0 aliphatic heterocycles. The summed E-state index contributed by atoms with van der Waals surface area (Å²) in [4.78, 5) is 5.31. The van der Waals surface area contributed by atoms with Crippen molar-refractivity contribution in [3.63, 3.8) is 0 Å². The number of hydrogen-bond donors (Lipinski definition) is 2. The molecule has 0 radical (unpaired) electrons. The average molecular weight is 258 g/mol. The van der Waals surface area contributed by atoms with Crippen LogP contribution in [0, 0.1) is 25.2 Å². The van der Waals surface area contributed by atoms with Crippen LogP contribution in [0.25, 0.3) is 11.3 Å². The molecule has 1 heterocycles. The van der Waals surface area contributed by atoms with E-state index in [1.807, 2.05) is 27.9 Å². The van der Waals surface area contributed by atoms with Gasteiger partial charge in [-0.3, -0.25) is 0 Å². The van der Waals surface area contributed by atoms with Crippen LogP contribution in [0.1, 0.15) is 22.5 Å². The molecule has 1 aromatic heterocycles. The Balaban J connectivity index is 3.15. The van der Waals surface area contributed by atoms with Crippen molar-refractivity contribution in [2.24, 2.45) is 0 Å². The lowest BCUT2D eigenvalue weighted by Gasteiger charge is -2.22. The van der Waals surface area contributed by atoms with Gasteiger partial charge in [-0.05, 0) is 26.5 Å². The number of H-pyrrole nitrogens is 1. The lowest BCUT2D eigenvalue weighted by Crippen LogP contribution is -2.26. The molecule has 1 rings (SSSR count). The van der Waals surface area contributed by atoms with Crippen molar-refractivity contribution in [2.45, 2.75) is 13.8 Å². The second-order valence-electron chi connectivity index (χ2n) is 4.69. The largest absolute Gasteiger partial charge is 0.373 e. The third-order valence-corrected chi connectivity index (χ3v) is 3.38. The van der Waals surface area contributed by atoms with Gasteiger partial charge in [0.05, 0.1) is 11.3 Å². The fourth-order valence-electron chi connectivity index (χ4n) is 1.97. The molecular weight excluding hydrogens is 236 g/mol. The van der Waals surface area contributed by atoms with Crippen LogP contribution in [0.3, 0.4) is 0 Å². The van der Waals surface area contributed by atoms with Crippen LogP contribution in [-0.2, 0) is 0 Å². The van der Waals surface area contributed by atoms with Gasteiger partial charge in [-0.25, -0.2) is 0 Å². The van der Waals surface area contributed by atoms with Crippen LogP contribution in [0.2, 0.25) is 0 Å². The zero-order valence-electron chi connectivity index (χ0n) is 12.2. The zero-order valence-corrected chi connectivity index (χ0v) is 12.2. The Morgan fingerprint density at radius 2 is 2.05 bits per heavy atom. The van der Waals surface area contributed by atoms with Gasteiger partial charge in [0.15, 0.2) is 0 Å². The van der Waals surface area contributed by atoms with E-state index in [4.69, 9.17) is 5.26 Å². The van der Waals surface area contributed by atoms with Gasteiger partial charge in [-0.15, -0.1) is 0 Å². The fraction of sp³-hybridized carbons (Fsp3) is 0.400. The Kier molecular flexibility index (Phi) is 4.96. The third-order valence-electron chi connectivity index (χ3n) is 3.38. The molecular formula is C15H22N4. The molecule has 0 saturated heterocycles. The Bertz CT molecular complexity index is 531. The third kappa shape index (κ3) is 3.07. The van der Waals surface area contributed by atoms with Gasteiger partial charge < -0.3 is 15.2 Å². The molecule has 0 atom stereocenters. The Morgan fingerprint density at radius 3 is 2.58 bits per heavy atom. The molecule has 0 aromatic carbocycles. The lowest BCUT2D eigenvalue weighted by molar-refractivity contribution is 0.473. The Labute approximate surface area is 115 Å². The summed E-state index contributed by atoms with van der Waals surface area (Å²) >= 11 is 0. The predicted molar refractivity (Wildman–Crippen MR) is 80.5 cm³/mol. The summed E-state index contributed by atoms with van der Waals surface area (Å²) in [6.45, 7) is 13.7. The number of rotatable bonds is 6. The number of allylic oxidation sites excluding steroid dienone is 1. The predicted octanol–water partition coefficient (Wildman–Crippen LogP) is 2.29. The lowest BCUT2D eigenvalue weighted by atomic mass is 10.0. The van der Waals surface area contributed by atoms with Gasteiger partial charge in [0, 0.05) is 37.1 Å². The van der Waals surface area contributed by atoms with Gasteiger partial charge >= 0.3 is 0 Å². The van der Waals surface area contributed by atoms with E-state index < -0.39 is 0 Å². The van der Waals surface area contributed by atoms with Gasteiger partial charge in [0.25, 0.3) is 0 Å². The number of nitrogens with zero attached hydrogens (tertiary/aromatic N) is 2. The number of aryl methyl sites for hydroxylation is 1. The highest BCUT2D eigenvalue weighted by Gasteiger charge is 2.18. The van der Waals surface area contributed by atoms with Crippen molar-refractivity contribution < 1.29 is 0 Å². The molecule has 1 aromatic rings. The minimum absolute atomic E-state index is 0.439. The molecule has 2 N–H and O–H groups in total. The normalized spacial score (nSPS) is 10.1. The zero-order chi connectivity index (χ0) is 14.6. The minimum Gasteiger partial charge on any atom is -0.373 e. The van der Waals surface area contributed by atoms with Crippen molar-refractivity contribution in [3.05, 3.63) is 35.7 Å². The van der Waals surface area contributed by atoms with E-state index in [0.717, 1.165) is 41.3 Å². The molecule has 4 nitrogen and oxygen atoms in total. The number of aromatic amines is 1. The highest BCUT2D eigenvalue weighted by atomic mass is 15.1. The maximum Gasteiger partial charge on any atom is 0.101 e. The van der Waals surface area contributed by atoms with Crippen LogP contribution < -0.4 is 5.32 Å². The van der Waals surface area contributed by atoms with E-state index in [1.165, 1.54) is 0 Å². The summed E-state index contributed by atoms with van der Waals surface area (Å²) < 4.78 is 0. The Hall–Kier alpha value is -1.99. The van der Waals surface area contributed by atoms with Crippen LogP contribution >= 0.6 is 0 Å². The van der Waals surface area contributed by atoms with E-state index in [2.05, 4.69) is 34.4 Å². The summed E-state index contributed by atoms with van der Waals surface area (Å²) in [5.41, 5.74) is 5.27. The molecule has 0 spiro atoms. The van der Waals surface area contributed by atoms with Gasteiger partial charge in [-0.2, -0.15) is 5.26 Å². The second kappa shape index (κ2) is 6.26. The van der Waals surface area contributed by atoms with Gasteiger partial charge in [0.1, 0.15) is 6.07 Å².